The number of esters is 1. The van der Waals surface area contributed by atoms with Gasteiger partial charge in [-0.25, -0.2) is 0 Å². The smallest absolute Gasteiger partial charge is 0.320 e. The Hall–Kier alpha value is -1.39. The van der Waals surface area contributed by atoms with Crippen molar-refractivity contribution in [3.05, 3.63) is 60.7 Å². The van der Waals surface area contributed by atoms with E-state index in [0.717, 1.165) is 9.79 Å². The molecule has 2 rings (SSSR count). The van der Waals surface area contributed by atoms with Gasteiger partial charge >= 0.3 is 5.97 Å². The van der Waals surface area contributed by atoms with Gasteiger partial charge in [-0.3, -0.25) is 4.79 Å². The fourth-order valence-corrected chi connectivity index (χ4v) is 3.77. The fourth-order valence-electron chi connectivity index (χ4n) is 1.63. The average molecular weight is 304 g/mol. The Bertz CT molecular complexity index is 529. The highest BCUT2D eigenvalue weighted by Crippen LogP contribution is 2.29. The molecule has 2 aromatic rings. The number of rotatable bonds is 6. The molecule has 4 heteroatoms. The van der Waals surface area contributed by atoms with E-state index in [0.29, 0.717) is 5.75 Å². The minimum atomic E-state index is -0.201. The zero-order chi connectivity index (χ0) is 14.2. The second-order valence-corrected chi connectivity index (χ2v) is 6.44. The Morgan fingerprint density at radius 3 is 2.10 bits per heavy atom. The van der Waals surface area contributed by atoms with E-state index in [1.807, 2.05) is 60.7 Å². The molecule has 0 amide bonds. The SMILES string of the molecule is COC(=O)C(CSc1ccccc1)Sc1ccccc1. The van der Waals surface area contributed by atoms with Gasteiger partial charge in [0.05, 0.1) is 7.11 Å². The van der Waals surface area contributed by atoms with Crippen LogP contribution >= 0.6 is 23.5 Å². The molecule has 1 atom stereocenters. The minimum absolute atomic E-state index is 0.178. The predicted octanol–water partition coefficient (Wildman–Crippen LogP) is 4.11. The number of hydrogen-bond acceptors (Lipinski definition) is 4. The molecule has 2 nitrogen and oxygen atoms in total. The maximum absolute atomic E-state index is 11.9. The van der Waals surface area contributed by atoms with Gasteiger partial charge in [0, 0.05) is 15.5 Å². The lowest BCUT2D eigenvalue weighted by atomic mass is 10.4. The molecule has 0 saturated heterocycles. The van der Waals surface area contributed by atoms with Crippen LogP contribution in [0.2, 0.25) is 0 Å². The van der Waals surface area contributed by atoms with Crippen molar-refractivity contribution in [1.29, 1.82) is 0 Å². The second-order valence-electron chi connectivity index (χ2n) is 4.07. The highest BCUT2D eigenvalue weighted by molar-refractivity contribution is 8.04. The van der Waals surface area contributed by atoms with Crippen molar-refractivity contribution in [2.24, 2.45) is 0 Å². The third kappa shape index (κ3) is 4.62. The summed E-state index contributed by atoms with van der Waals surface area (Å²) in [5.41, 5.74) is 0. The lowest BCUT2D eigenvalue weighted by Crippen LogP contribution is -2.21. The van der Waals surface area contributed by atoms with Gasteiger partial charge in [0.1, 0.15) is 5.25 Å². The van der Waals surface area contributed by atoms with Gasteiger partial charge in [0.15, 0.2) is 0 Å². The first-order valence-electron chi connectivity index (χ1n) is 6.27. The van der Waals surface area contributed by atoms with Crippen LogP contribution in [0.15, 0.2) is 70.5 Å². The van der Waals surface area contributed by atoms with Gasteiger partial charge in [-0.05, 0) is 24.3 Å². The molecule has 0 fully saturated rings. The summed E-state index contributed by atoms with van der Waals surface area (Å²) >= 11 is 3.22. The summed E-state index contributed by atoms with van der Waals surface area (Å²) in [5.74, 6) is 0.512. The lowest BCUT2D eigenvalue weighted by molar-refractivity contribution is -0.139. The molecule has 104 valence electrons. The van der Waals surface area contributed by atoms with Crippen LogP contribution in [0.5, 0.6) is 0 Å². The van der Waals surface area contributed by atoms with Crippen molar-refractivity contribution in [2.45, 2.75) is 15.0 Å². The largest absolute Gasteiger partial charge is 0.468 e. The first-order valence-corrected chi connectivity index (χ1v) is 8.13. The van der Waals surface area contributed by atoms with Crippen molar-refractivity contribution in [2.75, 3.05) is 12.9 Å². The summed E-state index contributed by atoms with van der Waals surface area (Å²) in [6.07, 6.45) is 0. The summed E-state index contributed by atoms with van der Waals surface area (Å²) in [4.78, 5) is 14.1. The molecule has 1 unspecified atom stereocenters. The van der Waals surface area contributed by atoms with Crippen LogP contribution in [0, 0.1) is 0 Å². The highest BCUT2D eigenvalue weighted by Gasteiger charge is 2.20. The average Bonchev–Trinajstić information content (AvgIpc) is 2.52. The molecule has 0 aliphatic heterocycles. The normalized spacial score (nSPS) is 11.8. The van der Waals surface area contributed by atoms with E-state index in [-0.39, 0.29) is 11.2 Å². The van der Waals surface area contributed by atoms with Gasteiger partial charge < -0.3 is 4.74 Å². The standard InChI is InChI=1S/C16H16O2S2/c1-18-16(17)15(20-14-10-6-3-7-11-14)12-19-13-8-4-2-5-9-13/h2-11,15H,12H2,1H3. The second kappa shape index (κ2) is 8.02. The van der Waals surface area contributed by atoms with Crippen LogP contribution < -0.4 is 0 Å². The number of benzene rings is 2. The maximum Gasteiger partial charge on any atom is 0.320 e. The van der Waals surface area contributed by atoms with E-state index >= 15 is 0 Å². The fraction of sp³-hybridized carbons (Fsp3) is 0.188. The van der Waals surface area contributed by atoms with Crippen LogP contribution in [0.1, 0.15) is 0 Å². The Balaban J connectivity index is 1.99. The van der Waals surface area contributed by atoms with Crippen molar-refractivity contribution in [3.8, 4) is 0 Å². The summed E-state index contributed by atoms with van der Waals surface area (Å²) in [7, 11) is 1.44. The highest BCUT2D eigenvalue weighted by atomic mass is 32.2. The maximum atomic E-state index is 11.9. The molecule has 0 aliphatic carbocycles. The number of ether oxygens (including phenoxy) is 1. The molecule has 0 aromatic heterocycles. The molecule has 2 aromatic carbocycles. The third-order valence-corrected chi connectivity index (χ3v) is 5.13. The minimum Gasteiger partial charge on any atom is -0.468 e. The van der Waals surface area contributed by atoms with Gasteiger partial charge in [0.25, 0.3) is 0 Å². The Morgan fingerprint density at radius 2 is 1.55 bits per heavy atom. The zero-order valence-electron chi connectivity index (χ0n) is 11.2. The van der Waals surface area contributed by atoms with Crippen LogP contribution in [-0.4, -0.2) is 24.1 Å². The van der Waals surface area contributed by atoms with Crippen molar-refractivity contribution < 1.29 is 9.53 Å². The first-order chi connectivity index (χ1) is 9.79. The molecule has 0 radical (unpaired) electrons. The van der Waals surface area contributed by atoms with Crippen molar-refractivity contribution in [1.82, 2.24) is 0 Å². The van der Waals surface area contributed by atoms with Crippen LogP contribution in [-0.2, 0) is 9.53 Å². The van der Waals surface area contributed by atoms with E-state index in [9.17, 15) is 4.79 Å². The molecular weight excluding hydrogens is 288 g/mol. The van der Waals surface area contributed by atoms with Gasteiger partial charge in [-0.15, -0.1) is 23.5 Å². The Labute approximate surface area is 127 Å². The lowest BCUT2D eigenvalue weighted by Gasteiger charge is -2.14. The molecule has 0 N–H and O–H groups in total. The van der Waals surface area contributed by atoms with Crippen molar-refractivity contribution in [3.63, 3.8) is 0 Å². The van der Waals surface area contributed by atoms with E-state index in [4.69, 9.17) is 4.74 Å². The number of carbonyl (C=O) groups is 1. The molecule has 0 bridgehead atoms. The van der Waals surface area contributed by atoms with E-state index in [1.165, 1.54) is 7.11 Å². The zero-order valence-corrected chi connectivity index (χ0v) is 12.8. The summed E-state index contributed by atoms with van der Waals surface area (Å²) in [6, 6.07) is 20.0. The predicted molar refractivity (Wildman–Crippen MR) is 85.3 cm³/mol. The van der Waals surface area contributed by atoms with Gasteiger partial charge in [-0.2, -0.15) is 0 Å². The number of carbonyl (C=O) groups excluding carboxylic acids is 1. The summed E-state index contributed by atoms with van der Waals surface area (Å²) < 4.78 is 4.90. The Morgan fingerprint density at radius 1 is 1.00 bits per heavy atom. The van der Waals surface area contributed by atoms with E-state index in [1.54, 1.807) is 23.5 Å². The molecule has 0 spiro atoms. The van der Waals surface area contributed by atoms with Crippen molar-refractivity contribution >= 4 is 29.5 Å². The molecule has 0 aliphatic rings. The van der Waals surface area contributed by atoms with E-state index in [2.05, 4.69) is 0 Å². The monoisotopic (exact) mass is 304 g/mol. The summed E-state index contributed by atoms with van der Waals surface area (Å²) in [6.45, 7) is 0. The number of hydrogen-bond donors (Lipinski definition) is 0. The quantitative estimate of drug-likeness (QED) is 0.592. The first kappa shape index (κ1) is 15.0. The van der Waals surface area contributed by atoms with Gasteiger partial charge in [-0.1, -0.05) is 36.4 Å². The molecular formula is C16H16O2S2. The number of thioether (sulfide) groups is 2. The van der Waals surface area contributed by atoms with Crippen LogP contribution in [0.3, 0.4) is 0 Å². The molecule has 0 heterocycles. The van der Waals surface area contributed by atoms with Gasteiger partial charge in [0.2, 0.25) is 0 Å². The van der Waals surface area contributed by atoms with Crippen LogP contribution in [0.4, 0.5) is 0 Å². The third-order valence-electron chi connectivity index (χ3n) is 2.63. The van der Waals surface area contributed by atoms with Crippen LogP contribution in [0.25, 0.3) is 0 Å². The molecule has 20 heavy (non-hydrogen) atoms. The van der Waals surface area contributed by atoms with E-state index < -0.39 is 0 Å². The Kier molecular flexibility index (Phi) is 6.02. The summed E-state index contributed by atoms with van der Waals surface area (Å²) in [5, 5.41) is -0.201. The topological polar surface area (TPSA) is 26.3 Å². The number of methoxy groups -OCH3 is 1. The molecule has 0 saturated carbocycles.